The van der Waals surface area contributed by atoms with Gasteiger partial charge in [-0.2, -0.15) is 0 Å². The van der Waals surface area contributed by atoms with Gasteiger partial charge in [0.25, 0.3) is 0 Å². The number of halogens is 1. The second kappa shape index (κ2) is 5.78. The van der Waals surface area contributed by atoms with Crippen molar-refractivity contribution < 1.29 is 9.90 Å². The van der Waals surface area contributed by atoms with Crippen molar-refractivity contribution in [1.29, 1.82) is 0 Å². The lowest BCUT2D eigenvalue weighted by atomic mass is 9.61. The van der Waals surface area contributed by atoms with Crippen LogP contribution in [0.15, 0.2) is 45.5 Å². The fourth-order valence-electron chi connectivity index (χ4n) is 3.87. The third-order valence-corrected chi connectivity index (χ3v) is 5.93. The zero-order chi connectivity index (χ0) is 15.9. The highest BCUT2D eigenvalue weighted by molar-refractivity contribution is 9.10. The molecule has 2 aliphatic carbocycles. The van der Waals surface area contributed by atoms with Gasteiger partial charge in [0.15, 0.2) is 5.78 Å². The van der Waals surface area contributed by atoms with E-state index in [4.69, 9.17) is 0 Å². The Bertz CT molecular complexity index is 686. The van der Waals surface area contributed by atoms with Crippen molar-refractivity contribution in [1.82, 2.24) is 0 Å². The van der Waals surface area contributed by atoms with Gasteiger partial charge < -0.3 is 5.11 Å². The minimum absolute atomic E-state index is 0.136. The number of allylic oxidation sites excluding steroid dienone is 2. The summed E-state index contributed by atoms with van der Waals surface area (Å²) in [6.45, 7) is 4.02. The van der Waals surface area contributed by atoms with Crippen LogP contribution in [0.3, 0.4) is 0 Å². The number of aliphatic hydroxyl groups excluding tert-OH is 1. The number of rotatable bonds is 1. The topological polar surface area (TPSA) is 37.3 Å². The van der Waals surface area contributed by atoms with Crippen molar-refractivity contribution in [3.8, 4) is 0 Å². The number of hydrogen-bond donors (Lipinski definition) is 1. The molecule has 2 nitrogen and oxygen atoms in total. The maximum Gasteiger partial charge on any atom is 0.184 e. The molecule has 0 unspecified atom stereocenters. The molecular weight excluding hydrogens is 340 g/mol. The van der Waals surface area contributed by atoms with Gasteiger partial charge in [-0.1, -0.05) is 46.6 Å². The number of hydrogen-bond acceptors (Lipinski definition) is 2. The van der Waals surface area contributed by atoms with E-state index in [2.05, 4.69) is 22.9 Å². The lowest BCUT2D eigenvalue weighted by molar-refractivity contribution is -0.113. The summed E-state index contributed by atoms with van der Waals surface area (Å²) in [4.78, 5) is 12.7. The van der Waals surface area contributed by atoms with Crippen LogP contribution in [0.25, 0.3) is 6.08 Å². The summed E-state index contributed by atoms with van der Waals surface area (Å²) in [5.74, 6) is 0.136. The van der Waals surface area contributed by atoms with Crippen molar-refractivity contribution >= 4 is 27.8 Å². The average Bonchev–Trinajstić information content (AvgIpc) is 2.49. The Morgan fingerprint density at radius 2 is 2.09 bits per heavy atom. The molecule has 1 saturated carbocycles. The van der Waals surface area contributed by atoms with Crippen molar-refractivity contribution in [2.75, 3.05) is 0 Å². The van der Waals surface area contributed by atoms with Gasteiger partial charge in [-0.3, -0.25) is 4.79 Å². The summed E-state index contributed by atoms with van der Waals surface area (Å²) in [6.07, 6.45) is 4.97. The molecule has 3 heteroatoms. The Morgan fingerprint density at radius 3 is 2.82 bits per heavy atom. The van der Waals surface area contributed by atoms with Gasteiger partial charge in [-0.05, 0) is 55.9 Å². The van der Waals surface area contributed by atoms with E-state index in [1.807, 2.05) is 37.3 Å². The SMILES string of the molecule is CC1=C2CCC[C@H](O)[C@@]2(C)C/C(=C\c2ccccc2Br)C1=O. The third-order valence-electron chi connectivity index (χ3n) is 5.21. The summed E-state index contributed by atoms with van der Waals surface area (Å²) in [7, 11) is 0. The second-order valence-electron chi connectivity index (χ2n) is 6.63. The maximum atomic E-state index is 12.7. The highest BCUT2D eigenvalue weighted by Crippen LogP contribution is 2.50. The number of benzene rings is 1. The zero-order valence-electron chi connectivity index (χ0n) is 13.0. The van der Waals surface area contributed by atoms with Crippen LogP contribution in [0.5, 0.6) is 0 Å². The predicted octanol–water partition coefficient (Wildman–Crippen LogP) is 4.67. The summed E-state index contributed by atoms with van der Waals surface area (Å²) >= 11 is 3.54. The van der Waals surface area contributed by atoms with Crippen LogP contribution in [-0.4, -0.2) is 17.0 Å². The molecule has 22 heavy (non-hydrogen) atoms. The quantitative estimate of drug-likeness (QED) is 0.738. The minimum Gasteiger partial charge on any atom is -0.392 e. The number of aliphatic hydroxyl groups is 1. The predicted molar refractivity (Wildman–Crippen MR) is 92.4 cm³/mol. The van der Waals surface area contributed by atoms with E-state index in [9.17, 15) is 9.90 Å². The lowest BCUT2D eigenvalue weighted by Gasteiger charge is -2.45. The molecule has 2 aliphatic rings. The van der Waals surface area contributed by atoms with Crippen molar-refractivity contribution in [2.45, 2.75) is 45.6 Å². The standard InChI is InChI=1S/C19H21BrO2/c1-12-15-7-5-9-17(21)19(15,2)11-14(18(12)22)10-13-6-3-4-8-16(13)20/h3-4,6,8,10,17,21H,5,7,9,11H2,1-2H3/b14-10+/t17-,19-/m0/s1. The molecule has 0 radical (unpaired) electrons. The van der Waals surface area contributed by atoms with Crippen LogP contribution >= 0.6 is 15.9 Å². The number of carbonyl (C=O) groups is 1. The van der Waals surface area contributed by atoms with Gasteiger partial charge in [-0.25, -0.2) is 0 Å². The third kappa shape index (κ3) is 2.50. The molecular formula is C19H21BrO2. The van der Waals surface area contributed by atoms with Crippen molar-refractivity contribution in [3.05, 3.63) is 51.0 Å². The van der Waals surface area contributed by atoms with Gasteiger partial charge in [-0.15, -0.1) is 0 Å². The fourth-order valence-corrected chi connectivity index (χ4v) is 4.27. The van der Waals surface area contributed by atoms with Crippen molar-refractivity contribution in [3.63, 3.8) is 0 Å². The molecule has 0 heterocycles. The summed E-state index contributed by atoms with van der Waals surface area (Å²) in [5.41, 5.74) is 3.53. The van der Waals surface area contributed by atoms with E-state index in [1.54, 1.807) is 0 Å². The Labute approximate surface area is 140 Å². The highest BCUT2D eigenvalue weighted by Gasteiger charge is 2.45. The second-order valence-corrected chi connectivity index (χ2v) is 7.48. The maximum absolute atomic E-state index is 12.7. The molecule has 0 spiro atoms. The molecule has 2 atom stereocenters. The monoisotopic (exact) mass is 360 g/mol. The first-order valence-electron chi connectivity index (χ1n) is 7.81. The molecule has 1 N–H and O–H groups in total. The molecule has 3 rings (SSSR count). The Balaban J connectivity index is 2.08. The van der Waals surface area contributed by atoms with Crippen LogP contribution in [0.4, 0.5) is 0 Å². The van der Waals surface area contributed by atoms with E-state index in [0.29, 0.717) is 6.42 Å². The van der Waals surface area contributed by atoms with Crippen LogP contribution in [0.1, 0.15) is 45.1 Å². The fraction of sp³-hybridized carbons (Fsp3) is 0.421. The Hall–Kier alpha value is -1.19. The van der Waals surface area contributed by atoms with E-state index >= 15 is 0 Å². The molecule has 0 aliphatic heterocycles. The van der Waals surface area contributed by atoms with Gasteiger partial charge in [0.2, 0.25) is 0 Å². The normalized spacial score (nSPS) is 30.6. The van der Waals surface area contributed by atoms with Crippen LogP contribution in [0.2, 0.25) is 0 Å². The molecule has 0 bridgehead atoms. The van der Waals surface area contributed by atoms with Gasteiger partial charge in [0, 0.05) is 15.5 Å². The van der Waals surface area contributed by atoms with Crippen molar-refractivity contribution in [2.24, 2.45) is 5.41 Å². The Morgan fingerprint density at radius 1 is 1.36 bits per heavy atom. The molecule has 1 aromatic rings. The van der Waals surface area contributed by atoms with Gasteiger partial charge >= 0.3 is 0 Å². The first kappa shape index (κ1) is 15.7. The summed E-state index contributed by atoms with van der Waals surface area (Å²) in [6, 6.07) is 7.91. The van der Waals surface area contributed by atoms with Crippen LogP contribution in [-0.2, 0) is 4.79 Å². The smallest absolute Gasteiger partial charge is 0.184 e. The molecule has 1 fully saturated rings. The molecule has 0 amide bonds. The van der Waals surface area contributed by atoms with E-state index in [1.165, 1.54) is 5.57 Å². The van der Waals surface area contributed by atoms with E-state index < -0.39 is 0 Å². The molecule has 0 saturated heterocycles. The first-order chi connectivity index (χ1) is 10.4. The summed E-state index contributed by atoms with van der Waals surface area (Å²) < 4.78 is 0.983. The minimum atomic E-state index is -0.359. The van der Waals surface area contributed by atoms with E-state index in [0.717, 1.165) is 40.4 Å². The number of Topliss-reactive ketones (excluding diaryl/α,β-unsaturated/α-hetero) is 1. The van der Waals surface area contributed by atoms with Gasteiger partial charge in [0.1, 0.15) is 0 Å². The van der Waals surface area contributed by atoms with Crippen LogP contribution < -0.4 is 0 Å². The first-order valence-corrected chi connectivity index (χ1v) is 8.61. The average molecular weight is 361 g/mol. The lowest BCUT2D eigenvalue weighted by Crippen LogP contribution is -2.42. The van der Waals surface area contributed by atoms with Crippen LogP contribution in [0, 0.1) is 5.41 Å². The number of fused-ring (bicyclic) bond motifs is 1. The largest absolute Gasteiger partial charge is 0.392 e. The zero-order valence-corrected chi connectivity index (χ0v) is 14.6. The molecule has 0 aromatic heterocycles. The number of carbonyl (C=O) groups excluding carboxylic acids is 1. The summed E-state index contributed by atoms with van der Waals surface area (Å²) in [5, 5.41) is 10.5. The van der Waals surface area contributed by atoms with Gasteiger partial charge in [0.05, 0.1) is 6.10 Å². The molecule has 1 aromatic carbocycles. The number of ketones is 1. The Kier molecular flexibility index (Phi) is 4.13. The molecule has 116 valence electrons. The highest BCUT2D eigenvalue weighted by atomic mass is 79.9. The van der Waals surface area contributed by atoms with E-state index in [-0.39, 0.29) is 17.3 Å².